The fraction of sp³-hybridized carbons (Fsp3) is 0.255. The summed E-state index contributed by atoms with van der Waals surface area (Å²) in [6.45, 7) is -0.0361. The number of benzene rings is 5. The van der Waals surface area contributed by atoms with Crippen LogP contribution in [-0.2, 0) is 25.7 Å². The van der Waals surface area contributed by atoms with Crippen molar-refractivity contribution in [1.29, 1.82) is 0 Å². The molecule has 0 saturated carbocycles. The molecule has 6 aromatic rings. The summed E-state index contributed by atoms with van der Waals surface area (Å²) in [4.78, 5) is 30.2. The highest BCUT2D eigenvalue weighted by Gasteiger charge is 2.33. The first-order chi connectivity index (χ1) is 28.4. The molecule has 11 heteroatoms. The molecule has 1 fully saturated rings. The SMILES string of the molecule is Nc1ccccc1NC(=O)CCCCCCC(=O)Nc1cccc([C@@H]2O[C@H](CSc3nc(-c4ccccc4)c(-c4ccccc4)o3)C[C@H](c3ccc(CO)cc3)O2)c1. The Morgan fingerprint density at radius 3 is 2.10 bits per heavy atom. The minimum atomic E-state index is -0.696. The van der Waals surface area contributed by atoms with Crippen LogP contribution in [0.25, 0.3) is 22.6 Å². The van der Waals surface area contributed by atoms with Gasteiger partial charge in [-0.25, -0.2) is 4.98 Å². The summed E-state index contributed by atoms with van der Waals surface area (Å²) in [7, 11) is 0. The van der Waals surface area contributed by atoms with E-state index in [0.29, 0.717) is 53.7 Å². The number of carbonyl (C=O) groups is 2. The Morgan fingerprint density at radius 1 is 0.724 bits per heavy atom. The zero-order chi connectivity index (χ0) is 40.1. The number of carbonyl (C=O) groups excluding carboxylic acids is 2. The van der Waals surface area contributed by atoms with E-state index in [1.807, 2.05) is 121 Å². The van der Waals surface area contributed by atoms with Crippen LogP contribution in [0.15, 0.2) is 143 Å². The Morgan fingerprint density at radius 2 is 1.40 bits per heavy atom. The first-order valence-electron chi connectivity index (χ1n) is 19.7. The molecule has 7 rings (SSSR count). The Kier molecular flexibility index (Phi) is 14.0. The molecule has 0 radical (unpaired) electrons. The maximum atomic E-state index is 13.0. The van der Waals surface area contributed by atoms with Crippen molar-refractivity contribution in [2.24, 2.45) is 0 Å². The van der Waals surface area contributed by atoms with Crippen LogP contribution in [0.2, 0.25) is 0 Å². The molecule has 3 atom stereocenters. The molecule has 1 saturated heterocycles. The molecule has 5 aromatic carbocycles. The number of nitrogens with zero attached hydrogens (tertiary/aromatic N) is 1. The van der Waals surface area contributed by atoms with Crippen molar-refractivity contribution in [3.63, 3.8) is 0 Å². The average molecular weight is 797 g/mol. The van der Waals surface area contributed by atoms with E-state index < -0.39 is 6.29 Å². The molecule has 2 heterocycles. The Bertz CT molecular complexity index is 2190. The number of hydrogen-bond acceptors (Lipinski definition) is 9. The molecular formula is C47H48N4O6S. The normalized spacial score (nSPS) is 16.5. The molecule has 58 heavy (non-hydrogen) atoms. The van der Waals surface area contributed by atoms with Crippen LogP contribution in [0.5, 0.6) is 0 Å². The monoisotopic (exact) mass is 796 g/mol. The van der Waals surface area contributed by atoms with Gasteiger partial charge in [0.25, 0.3) is 5.22 Å². The van der Waals surface area contributed by atoms with E-state index in [1.165, 1.54) is 11.8 Å². The largest absolute Gasteiger partial charge is 0.431 e. The number of thioether (sulfide) groups is 1. The Balaban J connectivity index is 0.968. The molecule has 298 valence electrons. The number of nitrogen functional groups attached to an aromatic ring is 1. The van der Waals surface area contributed by atoms with Crippen LogP contribution in [0, 0.1) is 0 Å². The molecule has 1 aromatic heterocycles. The average Bonchev–Trinajstić information content (AvgIpc) is 3.70. The number of aliphatic hydroxyl groups excluding tert-OH is 1. The molecule has 1 aliphatic heterocycles. The molecule has 5 N–H and O–H groups in total. The fourth-order valence-corrected chi connectivity index (χ4v) is 7.70. The quantitative estimate of drug-likeness (QED) is 0.0402. The first-order valence-corrected chi connectivity index (χ1v) is 20.7. The van der Waals surface area contributed by atoms with Crippen molar-refractivity contribution < 1.29 is 28.6 Å². The minimum absolute atomic E-state index is 0.0361. The lowest BCUT2D eigenvalue weighted by atomic mass is 10.0. The molecule has 0 spiro atoms. The van der Waals surface area contributed by atoms with E-state index in [-0.39, 0.29) is 30.6 Å². The molecule has 0 aliphatic carbocycles. The van der Waals surface area contributed by atoms with Gasteiger partial charge in [0.1, 0.15) is 5.69 Å². The Labute approximate surface area is 343 Å². The number of rotatable bonds is 17. The third kappa shape index (κ3) is 11.0. The van der Waals surface area contributed by atoms with Gasteiger partial charge in [0.15, 0.2) is 12.1 Å². The summed E-state index contributed by atoms with van der Waals surface area (Å²) in [5.74, 6) is 1.14. The second-order valence-corrected chi connectivity index (χ2v) is 15.2. The van der Waals surface area contributed by atoms with Gasteiger partial charge in [-0.15, -0.1) is 0 Å². The lowest BCUT2D eigenvalue weighted by molar-refractivity contribution is -0.245. The highest BCUT2D eigenvalue weighted by atomic mass is 32.2. The number of para-hydroxylation sites is 2. The molecule has 0 bridgehead atoms. The van der Waals surface area contributed by atoms with Crippen LogP contribution >= 0.6 is 11.8 Å². The third-order valence-corrected chi connectivity index (χ3v) is 10.9. The van der Waals surface area contributed by atoms with Gasteiger partial charge in [0.05, 0.1) is 30.2 Å². The zero-order valence-corrected chi connectivity index (χ0v) is 33.0. The third-order valence-electron chi connectivity index (χ3n) is 9.93. The lowest BCUT2D eigenvalue weighted by Gasteiger charge is -2.36. The summed E-state index contributed by atoms with van der Waals surface area (Å²) in [5.41, 5.74) is 13.1. The summed E-state index contributed by atoms with van der Waals surface area (Å²) < 4.78 is 19.6. The zero-order valence-electron chi connectivity index (χ0n) is 32.2. The smallest absolute Gasteiger partial charge is 0.256 e. The van der Waals surface area contributed by atoms with E-state index in [0.717, 1.165) is 58.5 Å². The van der Waals surface area contributed by atoms with Gasteiger partial charge in [-0.3, -0.25) is 9.59 Å². The number of aliphatic hydroxyl groups is 1. The van der Waals surface area contributed by atoms with Crippen molar-refractivity contribution in [3.8, 4) is 22.6 Å². The number of ether oxygens (including phenoxy) is 2. The number of aromatic nitrogens is 1. The molecule has 0 unspecified atom stereocenters. The van der Waals surface area contributed by atoms with Crippen LogP contribution in [-0.4, -0.2) is 33.8 Å². The first kappa shape index (κ1) is 40.5. The number of hydrogen-bond donors (Lipinski definition) is 4. The van der Waals surface area contributed by atoms with Crippen molar-refractivity contribution in [2.75, 3.05) is 22.1 Å². The standard InChI is InChI=1S/C47H48N4O6S/c48-39-20-11-12-21-40(39)50-43(54)23-10-2-1-9-22-42(53)49-37-19-13-18-36(28-37)46-55-38(29-41(56-46)33-26-24-32(30-52)25-27-33)31-58-47-51-44(34-14-5-3-6-15-34)45(57-47)35-16-7-4-8-17-35/h3-8,11-21,24-28,38,41,46,52H,1-2,9-10,22-23,29-31,48H2,(H,49,53)(H,50,54)/t38-,41+,46+/m0/s1. The maximum absolute atomic E-state index is 13.0. The lowest BCUT2D eigenvalue weighted by Crippen LogP contribution is -2.31. The number of anilines is 3. The molecular weight excluding hydrogens is 749 g/mol. The van der Waals surface area contributed by atoms with E-state index in [1.54, 1.807) is 12.1 Å². The predicted octanol–water partition coefficient (Wildman–Crippen LogP) is 10.3. The van der Waals surface area contributed by atoms with Gasteiger partial charge in [0, 0.05) is 47.4 Å². The maximum Gasteiger partial charge on any atom is 0.256 e. The number of nitrogens with two attached hydrogens (primary N) is 1. The van der Waals surface area contributed by atoms with Crippen LogP contribution in [0.1, 0.15) is 74.0 Å². The van der Waals surface area contributed by atoms with E-state index in [2.05, 4.69) is 10.6 Å². The number of amides is 2. The van der Waals surface area contributed by atoms with Crippen LogP contribution < -0.4 is 16.4 Å². The van der Waals surface area contributed by atoms with E-state index in [4.69, 9.17) is 24.6 Å². The van der Waals surface area contributed by atoms with Gasteiger partial charge in [-0.2, -0.15) is 0 Å². The summed E-state index contributed by atoms with van der Waals surface area (Å²) in [5, 5.41) is 16.1. The summed E-state index contributed by atoms with van der Waals surface area (Å²) in [6, 6.07) is 42.6. The van der Waals surface area contributed by atoms with Gasteiger partial charge in [-0.1, -0.05) is 134 Å². The van der Waals surface area contributed by atoms with Crippen molar-refractivity contribution in [2.45, 2.75) is 75.3 Å². The summed E-state index contributed by atoms with van der Waals surface area (Å²) in [6.07, 6.45) is 3.31. The number of nitrogens with one attached hydrogen (secondary N) is 2. The topological polar surface area (TPSA) is 149 Å². The second-order valence-electron chi connectivity index (χ2n) is 14.3. The van der Waals surface area contributed by atoms with E-state index in [9.17, 15) is 14.7 Å². The molecule has 10 nitrogen and oxygen atoms in total. The highest BCUT2D eigenvalue weighted by molar-refractivity contribution is 7.99. The van der Waals surface area contributed by atoms with E-state index >= 15 is 0 Å². The Hall–Kier alpha value is -5.72. The van der Waals surface area contributed by atoms with Crippen LogP contribution in [0.4, 0.5) is 17.1 Å². The van der Waals surface area contributed by atoms with Crippen molar-refractivity contribution in [3.05, 3.63) is 150 Å². The fourth-order valence-electron chi connectivity index (χ4n) is 6.86. The minimum Gasteiger partial charge on any atom is -0.431 e. The van der Waals surface area contributed by atoms with Gasteiger partial charge >= 0.3 is 0 Å². The second kappa shape index (κ2) is 20.1. The molecule has 1 aliphatic rings. The van der Waals surface area contributed by atoms with Crippen molar-refractivity contribution >= 4 is 40.6 Å². The van der Waals surface area contributed by atoms with Crippen LogP contribution in [0.3, 0.4) is 0 Å². The van der Waals surface area contributed by atoms with Gasteiger partial charge < -0.3 is 35.4 Å². The number of unbranched alkanes of at least 4 members (excludes halogenated alkanes) is 3. The summed E-state index contributed by atoms with van der Waals surface area (Å²) >= 11 is 1.50. The number of oxazole rings is 1. The van der Waals surface area contributed by atoms with Gasteiger partial charge in [-0.05, 0) is 48.2 Å². The molecule has 2 amide bonds. The highest BCUT2D eigenvalue weighted by Crippen LogP contribution is 2.41. The van der Waals surface area contributed by atoms with Gasteiger partial charge in [0.2, 0.25) is 11.8 Å². The van der Waals surface area contributed by atoms with Crippen molar-refractivity contribution in [1.82, 2.24) is 4.98 Å². The predicted molar refractivity (Wildman–Crippen MR) is 229 cm³/mol.